The number of anilines is 1. The van der Waals surface area contributed by atoms with E-state index < -0.39 is 0 Å². The summed E-state index contributed by atoms with van der Waals surface area (Å²) in [5.41, 5.74) is 3.85. The maximum absolute atomic E-state index is 5.50. The van der Waals surface area contributed by atoms with Crippen LogP contribution >= 0.6 is 0 Å². The zero-order valence-corrected chi connectivity index (χ0v) is 11.3. The Morgan fingerprint density at radius 1 is 1.56 bits per heavy atom. The molecule has 1 unspecified atom stereocenters. The molecule has 3 N–H and O–H groups in total. The van der Waals surface area contributed by atoms with E-state index in [9.17, 15) is 0 Å². The number of likely N-dealkylation sites (tertiary alicyclic amines) is 1. The van der Waals surface area contributed by atoms with Crippen molar-refractivity contribution in [2.45, 2.75) is 25.4 Å². The van der Waals surface area contributed by atoms with Crippen molar-refractivity contribution in [2.24, 2.45) is 5.84 Å². The number of aromatic nitrogens is 1. The molecule has 5 nitrogen and oxygen atoms in total. The highest BCUT2D eigenvalue weighted by atomic mass is 15.3. The number of hydrogen-bond donors (Lipinski definition) is 2. The van der Waals surface area contributed by atoms with Gasteiger partial charge in [-0.15, -0.1) is 0 Å². The van der Waals surface area contributed by atoms with E-state index in [1.165, 1.54) is 18.4 Å². The molecule has 0 radical (unpaired) electrons. The Morgan fingerprint density at radius 3 is 3.11 bits per heavy atom. The van der Waals surface area contributed by atoms with Gasteiger partial charge in [0.15, 0.2) is 0 Å². The number of pyridine rings is 1. The summed E-state index contributed by atoms with van der Waals surface area (Å²) in [6.07, 6.45) is 4.33. The van der Waals surface area contributed by atoms with Crippen LogP contribution in [0.2, 0.25) is 0 Å². The molecule has 100 valence electrons. The van der Waals surface area contributed by atoms with Crippen molar-refractivity contribution < 1.29 is 0 Å². The molecule has 0 spiro atoms. The van der Waals surface area contributed by atoms with Crippen LogP contribution in [-0.4, -0.2) is 48.0 Å². The fourth-order valence-electron chi connectivity index (χ4n) is 2.65. The summed E-state index contributed by atoms with van der Waals surface area (Å²) < 4.78 is 0. The number of likely N-dealkylation sites (N-methyl/N-ethyl adjacent to an activating group) is 1. The molecular weight excluding hydrogens is 226 g/mol. The van der Waals surface area contributed by atoms with Crippen LogP contribution in [0.5, 0.6) is 0 Å². The Morgan fingerprint density at radius 2 is 2.39 bits per heavy atom. The maximum Gasteiger partial charge on any atom is 0.144 e. The lowest BCUT2D eigenvalue weighted by molar-refractivity contribution is 0.201. The topological polar surface area (TPSA) is 57.4 Å². The van der Waals surface area contributed by atoms with Crippen molar-refractivity contribution in [1.82, 2.24) is 14.8 Å². The van der Waals surface area contributed by atoms with Gasteiger partial charge in [0.05, 0.1) is 0 Å². The Hall–Kier alpha value is -1.17. The standard InChI is InChI=1S/C13H23N5/c1-17(2)10-12-6-4-8-18(12)9-11-5-3-7-15-13(11)16-14/h3,5,7,12H,4,6,8-10,14H2,1-2H3,(H,15,16). The second kappa shape index (κ2) is 6.13. The van der Waals surface area contributed by atoms with Gasteiger partial charge in [-0.1, -0.05) is 6.07 Å². The van der Waals surface area contributed by atoms with Gasteiger partial charge in [0.2, 0.25) is 0 Å². The minimum absolute atomic E-state index is 0.644. The molecule has 0 aromatic carbocycles. The molecule has 0 bridgehead atoms. The number of hydrazine groups is 1. The van der Waals surface area contributed by atoms with E-state index in [1.807, 2.05) is 6.07 Å². The molecule has 2 rings (SSSR count). The van der Waals surface area contributed by atoms with E-state index in [4.69, 9.17) is 5.84 Å². The third kappa shape index (κ3) is 3.19. The molecule has 1 aliphatic rings. The van der Waals surface area contributed by atoms with E-state index in [-0.39, 0.29) is 0 Å². The van der Waals surface area contributed by atoms with E-state index in [1.54, 1.807) is 6.20 Å². The fourth-order valence-corrected chi connectivity index (χ4v) is 2.65. The molecule has 0 saturated carbocycles. The van der Waals surface area contributed by atoms with Crippen LogP contribution in [0.15, 0.2) is 18.3 Å². The largest absolute Gasteiger partial charge is 0.308 e. The monoisotopic (exact) mass is 249 g/mol. The van der Waals surface area contributed by atoms with Crippen molar-refractivity contribution in [3.8, 4) is 0 Å². The molecule has 1 atom stereocenters. The second-order valence-electron chi connectivity index (χ2n) is 5.18. The van der Waals surface area contributed by atoms with Gasteiger partial charge in [-0.3, -0.25) is 4.90 Å². The summed E-state index contributed by atoms with van der Waals surface area (Å²) in [5.74, 6) is 6.29. The lowest BCUT2D eigenvalue weighted by atomic mass is 10.2. The van der Waals surface area contributed by atoms with Crippen LogP contribution in [0.1, 0.15) is 18.4 Å². The van der Waals surface area contributed by atoms with Crippen molar-refractivity contribution in [3.63, 3.8) is 0 Å². The number of nitrogens with one attached hydrogen (secondary N) is 1. The Kier molecular flexibility index (Phi) is 4.52. The van der Waals surface area contributed by atoms with Crippen LogP contribution < -0.4 is 11.3 Å². The highest BCUT2D eigenvalue weighted by molar-refractivity contribution is 5.42. The van der Waals surface area contributed by atoms with Crippen LogP contribution in [0.3, 0.4) is 0 Å². The summed E-state index contributed by atoms with van der Waals surface area (Å²) in [6, 6.07) is 4.70. The summed E-state index contributed by atoms with van der Waals surface area (Å²) in [7, 11) is 4.26. The van der Waals surface area contributed by atoms with Crippen molar-refractivity contribution in [1.29, 1.82) is 0 Å². The average Bonchev–Trinajstić information content (AvgIpc) is 2.76. The molecule has 1 aromatic rings. The predicted molar refractivity (Wildman–Crippen MR) is 74.0 cm³/mol. The van der Waals surface area contributed by atoms with Gasteiger partial charge in [-0.25, -0.2) is 10.8 Å². The molecule has 5 heteroatoms. The smallest absolute Gasteiger partial charge is 0.144 e. The van der Waals surface area contributed by atoms with Crippen LogP contribution in [0, 0.1) is 0 Å². The quantitative estimate of drug-likeness (QED) is 0.599. The van der Waals surface area contributed by atoms with Gasteiger partial charge in [0.1, 0.15) is 5.82 Å². The zero-order chi connectivity index (χ0) is 13.0. The third-order valence-electron chi connectivity index (χ3n) is 3.48. The first-order chi connectivity index (χ1) is 8.70. The normalized spacial score (nSPS) is 20.6. The summed E-state index contributed by atoms with van der Waals surface area (Å²) in [4.78, 5) is 9.04. The van der Waals surface area contributed by atoms with Gasteiger partial charge < -0.3 is 10.3 Å². The highest BCUT2D eigenvalue weighted by Crippen LogP contribution is 2.22. The first-order valence-electron chi connectivity index (χ1n) is 6.50. The van der Waals surface area contributed by atoms with Gasteiger partial charge in [0, 0.05) is 30.9 Å². The molecule has 0 aliphatic carbocycles. The first-order valence-corrected chi connectivity index (χ1v) is 6.50. The molecule has 0 amide bonds. The molecule has 1 fully saturated rings. The Labute approximate surface area is 109 Å². The third-order valence-corrected chi connectivity index (χ3v) is 3.48. The van der Waals surface area contributed by atoms with Crippen LogP contribution in [-0.2, 0) is 6.54 Å². The number of nitrogen functional groups attached to an aromatic ring is 1. The Bertz CT molecular complexity index is 379. The molecule has 2 heterocycles. The van der Waals surface area contributed by atoms with Gasteiger partial charge in [-0.05, 0) is 39.5 Å². The number of rotatable bonds is 5. The average molecular weight is 249 g/mol. The van der Waals surface area contributed by atoms with E-state index in [2.05, 4.69) is 40.4 Å². The Balaban J connectivity index is 2.03. The van der Waals surface area contributed by atoms with Crippen molar-refractivity contribution in [2.75, 3.05) is 32.6 Å². The molecular formula is C13H23N5. The van der Waals surface area contributed by atoms with Crippen LogP contribution in [0.25, 0.3) is 0 Å². The maximum atomic E-state index is 5.50. The molecule has 18 heavy (non-hydrogen) atoms. The predicted octanol–water partition coefficient (Wildman–Crippen LogP) is 0.893. The van der Waals surface area contributed by atoms with Crippen LogP contribution in [0.4, 0.5) is 5.82 Å². The minimum Gasteiger partial charge on any atom is -0.308 e. The first kappa shape index (κ1) is 13.3. The number of hydrogen-bond acceptors (Lipinski definition) is 5. The van der Waals surface area contributed by atoms with Crippen molar-refractivity contribution in [3.05, 3.63) is 23.9 Å². The van der Waals surface area contributed by atoms with Gasteiger partial charge in [-0.2, -0.15) is 0 Å². The van der Waals surface area contributed by atoms with Gasteiger partial charge >= 0.3 is 0 Å². The van der Waals surface area contributed by atoms with E-state index in [0.29, 0.717) is 6.04 Å². The zero-order valence-electron chi connectivity index (χ0n) is 11.3. The van der Waals surface area contributed by atoms with Crippen molar-refractivity contribution >= 4 is 5.82 Å². The fraction of sp³-hybridized carbons (Fsp3) is 0.615. The lowest BCUT2D eigenvalue weighted by Gasteiger charge is -2.27. The molecule has 1 saturated heterocycles. The summed E-state index contributed by atoms with van der Waals surface area (Å²) in [5, 5.41) is 0. The highest BCUT2D eigenvalue weighted by Gasteiger charge is 2.25. The molecule has 1 aromatic heterocycles. The number of nitrogens with two attached hydrogens (primary N) is 1. The minimum atomic E-state index is 0.644. The van der Waals surface area contributed by atoms with E-state index >= 15 is 0 Å². The van der Waals surface area contributed by atoms with E-state index in [0.717, 1.165) is 25.5 Å². The SMILES string of the molecule is CN(C)CC1CCCN1Cc1cccnc1NN. The summed E-state index contributed by atoms with van der Waals surface area (Å²) >= 11 is 0. The summed E-state index contributed by atoms with van der Waals surface area (Å²) in [6.45, 7) is 3.20. The van der Waals surface area contributed by atoms with Gasteiger partial charge in [0.25, 0.3) is 0 Å². The molecule has 1 aliphatic heterocycles. The second-order valence-corrected chi connectivity index (χ2v) is 5.18. The lowest BCUT2D eigenvalue weighted by Crippen LogP contribution is -2.37. The number of nitrogens with zero attached hydrogens (tertiary/aromatic N) is 3.